The zero-order valence-corrected chi connectivity index (χ0v) is 8.12. The highest BCUT2D eigenvalue weighted by molar-refractivity contribution is 8.22. The first-order valence-electron chi connectivity index (χ1n) is 3.45. The van der Waals surface area contributed by atoms with Gasteiger partial charge >= 0.3 is 0 Å². The molecule has 0 spiro atoms. The summed E-state index contributed by atoms with van der Waals surface area (Å²) in [6, 6.07) is 7.69. The molecule has 4 N–H and O–H groups in total. The van der Waals surface area contributed by atoms with Gasteiger partial charge < -0.3 is 11.5 Å². The van der Waals surface area contributed by atoms with Gasteiger partial charge in [-0.3, -0.25) is 0 Å². The predicted octanol–water partition coefficient (Wildman–Crippen LogP) is 1.75. The van der Waals surface area contributed by atoms with Gasteiger partial charge in [-0.25, -0.2) is 0 Å². The average Bonchev–Trinajstić information content (AvgIpc) is 2.03. The van der Waals surface area contributed by atoms with Crippen LogP contribution in [0.5, 0.6) is 0 Å². The van der Waals surface area contributed by atoms with Gasteiger partial charge in [0.1, 0.15) is 4.32 Å². The molecule has 0 fully saturated rings. The Morgan fingerprint density at radius 1 is 1.33 bits per heavy atom. The third kappa shape index (κ3) is 3.11. The van der Waals surface area contributed by atoms with Crippen molar-refractivity contribution in [2.45, 2.75) is 5.75 Å². The molecule has 0 atom stereocenters. The summed E-state index contributed by atoms with van der Waals surface area (Å²) >= 11 is 6.20. The van der Waals surface area contributed by atoms with E-state index in [1.807, 2.05) is 24.3 Å². The number of rotatable bonds is 2. The number of nitrogens with two attached hydrogens (primary N) is 2. The molecular weight excluding hydrogens is 188 g/mol. The van der Waals surface area contributed by atoms with Crippen LogP contribution < -0.4 is 11.5 Å². The molecule has 0 radical (unpaired) electrons. The lowest BCUT2D eigenvalue weighted by molar-refractivity contribution is 1.42. The lowest BCUT2D eigenvalue weighted by Crippen LogP contribution is -2.01. The summed E-state index contributed by atoms with van der Waals surface area (Å²) in [5, 5.41) is 0. The van der Waals surface area contributed by atoms with Crippen molar-refractivity contribution in [3.8, 4) is 0 Å². The summed E-state index contributed by atoms with van der Waals surface area (Å²) in [4.78, 5) is 0. The molecule has 1 rings (SSSR count). The highest BCUT2D eigenvalue weighted by atomic mass is 32.2. The van der Waals surface area contributed by atoms with Crippen molar-refractivity contribution in [1.29, 1.82) is 0 Å². The summed E-state index contributed by atoms with van der Waals surface area (Å²) in [6.45, 7) is 0. The summed E-state index contributed by atoms with van der Waals surface area (Å²) in [5.74, 6) is 0.815. The van der Waals surface area contributed by atoms with Crippen LogP contribution in [0.1, 0.15) is 5.56 Å². The molecule has 0 bridgehead atoms. The molecule has 64 valence electrons. The predicted molar refractivity (Wildman–Crippen MR) is 58.9 cm³/mol. The van der Waals surface area contributed by atoms with Gasteiger partial charge in [0.2, 0.25) is 0 Å². The Labute approximate surface area is 81.3 Å². The summed E-state index contributed by atoms with van der Waals surface area (Å²) < 4.78 is 0.479. The van der Waals surface area contributed by atoms with Crippen LogP contribution in [0, 0.1) is 0 Å². The Kier molecular flexibility index (Phi) is 3.37. The molecule has 0 aliphatic heterocycles. The van der Waals surface area contributed by atoms with E-state index in [1.54, 1.807) is 0 Å². The SMILES string of the molecule is NC(=S)SCc1ccc(N)cc1. The second kappa shape index (κ2) is 4.33. The highest BCUT2D eigenvalue weighted by Gasteiger charge is 1.94. The zero-order valence-electron chi connectivity index (χ0n) is 6.49. The molecular formula is C8H10N2S2. The molecule has 0 saturated heterocycles. The minimum atomic E-state index is 0.479. The number of anilines is 1. The number of thiocarbonyl (C=S) groups is 1. The molecule has 0 heterocycles. The maximum Gasteiger partial charge on any atom is 0.131 e. The fraction of sp³-hybridized carbons (Fsp3) is 0.125. The first-order chi connectivity index (χ1) is 5.68. The largest absolute Gasteiger partial charge is 0.399 e. The number of hydrogen-bond donors (Lipinski definition) is 2. The van der Waals surface area contributed by atoms with E-state index in [0.29, 0.717) is 4.32 Å². The molecule has 0 saturated carbocycles. The van der Waals surface area contributed by atoms with Gasteiger partial charge in [0, 0.05) is 11.4 Å². The molecule has 0 amide bonds. The Bertz CT molecular complexity index is 269. The number of nitrogen functional groups attached to an aromatic ring is 1. The Hall–Kier alpha value is -0.740. The van der Waals surface area contributed by atoms with Crippen molar-refractivity contribution in [3.63, 3.8) is 0 Å². The van der Waals surface area contributed by atoms with E-state index >= 15 is 0 Å². The standard InChI is InChI=1S/C8H10N2S2/c9-7-3-1-6(2-4-7)5-12-8(10)11/h1-4H,5,9H2,(H2,10,11). The van der Waals surface area contributed by atoms with Gasteiger partial charge in [-0.1, -0.05) is 36.1 Å². The van der Waals surface area contributed by atoms with Gasteiger partial charge in [-0.05, 0) is 17.7 Å². The van der Waals surface area contributed by atoms with E-state index in [2.05, 4.69) is 0 Å². The van der Waals surface area contributed by atoms with Gasteiger partial charge in [0.15, 0.2) is 0 Å². The molecule has 12 heavy (non-hydrogen) atoms. The van der Waals surface area contributed by atoms with Gasteiger partial charge in [-0.2, -0.15) is 0 Å². The Morgan fingerprint density at radius 3 is 2.42 bits per heavy atom. The fourth-order valence-electron chi connectivity index (χ4n) is 0.768. The van der Waals surface area contributed by atoms with Crippen LogP contribution >= 0.6 is 24.0 Å². The average molecular weight is 198 g/mol. The number of hydrogen-bond acceptors (Lipinski definition) is 3. The second-order valence-corrected chi connectivity index (χ2v) is 4.06. The third-order valence-electron chi connectivity index (χ3n) is 1.36. The van der Waals surface area contributed by atoms with Gasteiger partial charge in [0.05, 0.1) is 0 Å². The summed E-state index contributed by atoms with van der Waals surface area (Å²) in [6.07, 6.45) is 0. The number of thioether (sulfide) groups is 1. The van der Waals surface area contributed by atoms with Crippen LogP contribution in [-0.2, 0) is 5.75 Å². The van der Waals surface area contributed by atoms with E-state index in [0.717, 1.165) is 11.4 Å². The minimum absolute atomic E-state index is 0.479. The van der Waals surface area contributed by atoms with Crippen molar-refractivity contribution >= 4 is 34.0 Å². The van der Waals surface area contributed by atoms with Crippen LogP contribution in [0.25, 0.3) is 0 Å². The van der Waals surface area contributed by atoms with Crippen LogP contribution in [0.3, 0.4) is 0 Å². The summed E-state index contributed by atoms with van der Waals surface area (Å²) in [7, 11) is 0. The van der Waals surface area contributed by atoms with E-state index in [-0.39, 0.29) is 0 Å². The maximum atomic E-state index is 5.53. The van der Waals surface area contributed by atoms with Crippen LogP contribution in [0.4, 0.5) is 5.69 Å². The van der Waals surface area contributed by atoms with E-state index in [1.165, 1.54) is 17.3 Å². The first kappa shape index (κ1) is 9.35. The quantitative estimate of drug-likeness (QED) is 0.561. The van der Waals surface area contributed by atoms with Crippen molar-refractivity contribution in [1.82, 2.24) is 0 Å². The van der Waals surface area contributed by atoms with Crippen LogP contribution in [0.2, 0.25) is 0 Å². The highest BCUT2D eigenvalue weighted by Crippen LogP contribution is 2.13. The van der Waals surface area contributed by atoms with Crippen molar-refractivity contribution in [3.05, 3.63) is 29.8 Å². The van der Waals surface area contributed by atoms with Crippen molar-refractivity contribution in [2.75, 3.05) is 5.73 Å². The lowest BCUT2D eigenvalue weighted by atomic mass is 10.2. The third-order valence-corrected chi connectivity index (χ3v) is 2.48. The van der Waals surface area contributed by atoms with Crippen LogP contribution in [0.15, 0.2) is 24.3 Å². The first-order valence-corrected chi connectivity index (χ1v) is 4.84. The zero-order chi connectivity index (χ0) is 8.97. The van der Waals surface area contributed by atoms with E-state index in [4.69, 9.17) is 23.7 Å². The molecule has 0 aliphatic rings. The molecule has 0 unspecified atom stereocenters. The number of benzene rings is 1. The maximum absolute atomic E-state index is 5.53. The smallest absolute Gasteiger partial charge is 0.131 e. The van der Waals surface area contributed by atoms with E-state index in [9.17, 15) is 0 Å². The molecule has 1 aromatic carbocycles. The Morgan fingerprint density at radius 2 is 1.92 bits per heavy atom. The van der Waals surface area contributed by atoms with Crippen molar-refractivity contribution in [2.24, 2.45) is 5.73 Å². The molecule has 4 heteroatoms. The van der Waals surface area contributed by atoms with Crippen LogP contribution in [-0.4, -0.2) is 4.32 Å². The second-order valence-electron chi connectivity index (χ2n) is 2.35. The molecule has 0 aromatic heterocycles. The van der Waals surface area contributed by atoms with Gasteiger partial charge in [-0.15, -0.1) is 0 Å². The monoisotopic (exact) mass is 198 g/mol. The van der Waals surface area contributed by atoms with E-state index < -0.39 is 0 Å². The molecule has 2 nitrogen and oxygen atoms in total. The normalized spacial score (nSPS) is 9.67. The fourth-order valence-corrected chi connectivity index (χ4v) is 1.45. The minimum Gasteiger partial charge on any atom is -0.399 e. The summed E-state index contributed by atoms with van der Waals surface area (Å²) in [5.41, 5.74) is 12.8. The topological polar surface area (TPSA) is 52.0 Å². The van der Waals surface area contributed by atoms with Gasteiger partial charge in [0.25, 0.3) is 0 Å². The molecule has 1 aromatic rings. The van der Waals surface area contributed by atoms with Crippen molar-refractivity contribution < 1.29 is 0 Å². The lowest BCUT2D eigenvalue weighted by Gasteiger charge is -1.99. The Balaban J connectivity index is 2.53. The molecule has 0 aliphatic carbocycles.